The van der Waals surface area contributed by atoms with E-state index in [-0.39, 0.29) is 5.56 Å². The van der Waals surface area contributed by atoms with Crippen LogP contribution in [0.3, 0.4) is 0 Å². The lowest BCUT2D eigenvalue weighted by Crippen LogP contribution is -2.06. The summed E-state index contributed by atoms with van der Waals surface area (Å²) in [5.74, 6) is -0.999. The minimum absolute atomic E-state index is 0.184. The molecule has 1 aromatic rings. The first-order valence-corrected chi connectivity index (χ1v) is 5.84. The molecule has 0 heterocycles. The fraction of sp³-hybridized carbons (Fsp3) is 0.222. The van der Waals surface area contributed by atoms with Crippen molar-refractivity contribution in [3.05, 3.63) is 35.4 Å². The topological polar surface area (TPSA) is 83.8 Å². The SMILES string of the molecule is CCc1ccccc1C(=O)OP(=O)(O)O. The summed E-state index contributed by atoms with van der Waals surface area (Å²) in [4.78, 5) is 28.3. The predicted octanol–water partition coefficient (Wildman–Crippen LogP) is 1.50. The minimum Gasteiger partial charge on any atom is -0.367 e. The normalized spacial score (nSPS) is 11.1. The maximum absolute atomic E-state index is 11.3. The Morgan fingerprint density at radius 2 is 2.00 bits per heavy atom. The second-order valence-electron chi connectivity index (χ2n) is 2.88. The van der Waals surface area contributed by atoms with Crippen LogP contribution in [-0.2, 0) is 15.5 Å². The van der Waals surface area contributed by atoms with Crippen LogP contribution < -0.4 is 0 Å². The predicted molar refractivity (Wildman–Crippen MR) is 53.3 cm³/mol. The van der Waals surface area contributed by atoms with Gasteiger partial charge in [-0.1, -0.05) is 25.1 Å². The highest BCUT2D eigenvalue weighted by molar-refractivity contribution is 7.46. The number of phosphoric acid groups is 1. The van der Waals surface area contributed by atoms with Gasteiger partial charge in [-0.15, -0.1) is 0 Å². The van der Waals surface area contributed by atoms with Crippen LogP contribution >= 0.6 is 7.82 Å². The largest absolute Gasteiger partial charge is 0.527 e. The molecule has 0 aliphatic heterocycles. The van der Waals surface area contributed by atoms with Crippen molar-refractivity contribution in [3.63, 3.8) is 0 Å². The van der Waals surface area contributed by atoms with Crippen molar-refractivity contribution < 1.29 is 23.7 Å². The highest BCUT2D eigenvalue weighted by Gasteiger charge is 2.22. The molecule has 0 saturated carbocycles. The molecule has 0 bridgehead atoms. The standard InChI is InChI=1S/C9H11O5P/c1-2-7-5-3-4-6-8(7)9(10)14-15(11,12)13/h3-6H,2H2,1H3,(H2,11,12,13). The molecule has 0 aliphatic carbocycles. The van der Waals surface area contributed by atoms with Crippen molar-refractivity contribution in [2.24, 2.45) is 0 Å². The van der Waals surface area contributed by atoms with Gasteiger partial charge in [-0.25, -0.2) is 9.36 Å². The van der Waals surface area contributed by atoms with Crippen LogP contribution in [-0.4, -0.2) is 15.8 Å². The van der Waals surface area contributed by atoms with E-state index < -0.39 is 13.8 Å². The highest BCUT2D eigenvalue weighted by Crippen LogP contribution is 2.37. The Hall–Kier alpha value is -1.16. The van der Waals surface area contributed by atoms with Gasteiger partial charge in [0.15, 0.2) is 0 Å². The number of rotatable bonds is 3. The summed E-state index contributed by atoms with van der Waals surface area (Å²) >= 11 is 0. The molecule has 0 aliphatic rings. The molecule has 1 aromatic carbocycles. The fourth-order valence-corrected chi connectivity index (χ4v) is 1.50. The molecule has 1 rings (SSSR count). The van der Waals surface area contributed by atoms with Gasteiger partial charge in [-0.3, -0.25) is 9.79 Å². The van der Waals surface area contributed by atoms with Gasteiger partial charge in [0.2, 0.25) is 0 Å². The van der Waals surface area contributed by atoms with Crippen LogP contribution in [0.25, 0.3) is 0 Å². The van der Waals surface area contributed by atoms with E-state index in [0.717, 1.165) is 0 Å². The number of benzene rings is 1. The third-order valence-electron chi connectivity index (χ3n) is 1.82. The van der Waals surface area contributed by atoms with Crippen molar-refractivity contribution in [1.82, 2.24) is 0 Å². The van der Waals surface area contributed by atoms with Crippen LogP contribution in [0.4, 0.5) is 0 Å². The molecule has 82 valence electrons. The van der Waals surface area contributed by atoms with Gasteiger partial charge in [0.25, 0.3) is 0 Å². The molecular formula is C9H11O5P. The summed E-state index contributed by atoms with van der Waals surface area (Å²) in [6.07, 6.45) is 0.590. The molecule has 15 heavy (non-hydrogen) atoms. The Morgan fingerprint density at radius 3 is 2.53 bits per heavy atom. The molecule has 0 amide bonds. The zero-order valence-electron chi connectivity index (χ0n) is 8.08. The third-order valence-corrected chi connectivity index (χ3v) is 2.22. The molecule has 2 N–H and O–H groups in total. The van der Waals surface area contributed by atoms with Gasteiger partial charge >= 0.3 is 13.8 Å². The first kappa shape index (κ1) is 11.9. The summed E-state index contributed by atoms with van der Waals surface area (Å²) < 4.78 is 14.5. The molecule has 0 spiro atoms. The van der Waals surface area contributed by atoms with Crippen molar-refractivity contribution >= 4 is 13.8 Å². The lowest BCUT2D eigenvalue weighted by Gasteiger charge is -2.08. The van der Waals surface area contributed by atoms with Crippen molar-refractivity contribution in [1.29, 1.82) is 0 Å². The lowest BCUT2D eigenvalue weighted by molar-refractivity contribution is 0.0677. The summed E-state index contributed by atoms with van der Waals surface area (Å²) in [7, 11) is -4.77. The molecule has 0 radical (unpaired) electrons. The molecule has 0 unspecified atom stereocenters. The molecular weight excluding hydrogens is 219 g/mol. The van der Waals surface area contributed by atoms with Crippen LogP contribution in [0.1, 0.15) is 22.8 Å². The number of carbonyl (C=O) groups is 1. The lowest BCUT2D eigenvalue weighted by atomic mass is 10.1. The van der Waals surface area contributed by atoms with Gasteiger partial charge in [0.05, 0.1) is 5.56 Å². The maximum Gasteiger partial charge on any atom is 0.527 e. The molecule has 0 atom stereocenters. The summed E-state index contributed by atoms with van der Waals surface area (Å²) in [6, 6.07) is 6.52. The van der Waals surface area contributed by atoms with Crippen LogP contribution in [0, 0.1) is 0 Å². The van der Waals surface area contributed by atoms with Crippen molar-refractivity contribution in [2.45, 2.75) is 13.3 Å². The summed E-state index contributed by atoms with van der Waals surface area (Å²) in [5, 5.41) is 0. The van der Waals surface area contributed by atoms with E-state index in [9.17, 15) is 9.36 Å². The fourth-order valence-electron chi connectivity index (χ4n) is 1.18. The van der Waals surface area contributed by atoms with Gasteiger partial charge in [-0.05, 0) is 18.1 Å². The maximum atomic E-state index is 11.3. The molecule has 0 fully saturated rings. The Morgan fingerprint density at radius 1 is 1.40 bits per heavy atom. The third kappa shape index (κ3) is 3.47. The number of hydrogen-bond donors (Lipinski definition) is 2. The van der Waals surface area contributed by atoms with Crippen LogP contribution in [0.2, 0.25) is 0 Å². The minimum atomic E-state index is -4.77. The Bertz CT molecular complexity index is 409. The number of carbonyl (C=O) groups excluding carboxylic acids is 1. The van der Waals surface area contributed by atoms with Gasteiger partial charge in [-0.2, -0.15) is 0 Å². The van der Waals surface area contributed by atoms with E-state index in [1.54, 1.807) is 18.2 Å². The van der Waals surface area contributed by atoms with E-state index in [4.69, 9.17) is 9.79 Å². The van der Waals surface area contributed by atoms with E-state index in [1.165, 1.54) is 6.07 Å². The highest BCUT2D eigenvalue weighted by atomic mass is 31.2. The second-order valence-corrected chi connectivity index (χ2v) is 4.04. The monoisotopic (exact) mass is 230 g/mol. The average molecular weight is 230 g/mol. The summed E-state index contributed by atoms with van der Waals surface area (Å²) in [5.41, 5.74) is 0.874. The van der Waals surface area contributed by atoms with E-state index in [1.807, 2.05) is 6.92 Å². The Labute approximate surface area is 86.9 Å². The van der Waals surface area contributed by atoms with Gasteiger partial charge < -0.3 is 4.52 Å². The van der Waals surface area contributed by atoms with Crippen LogP contribution in [0.5, 0.6) is 0 Å². The first-order chi connectivity index (χ1) is 6.94. The molecule has 0 saturated heterocycles. The molecule has 5 nitrogen and oxygen atoms in total. The number of aryl methyl sites for hydroxylation is 1. The van der Waals surface area contributed by atoms with Crippen LogP contribution in [0.15, 0.2) is 24.3 Å². The smallest absolute Gasteiger partial charge is 0.367 e. The number of phosphoric ester groups is 1. The number of hydrogen-bond acceptors (Lipinski definition) is 3. The van der Waals surface area contributed by atoms with E-state index in [0.29, 0.717) is 12.0 Å². The first-order valence-electron chi connectivity index (χ1n) is 4.31. The zero-order valence-corrected chi connectivity index (χ0v) is 8.98. The van der Waals surface area contributed by atoms with Gasteiger partial charge in [0, 0.05) is 0 Å². The van der Waals surface area contributed by atoms with Gasteiger partial charge in [0.1, 0.15) is 0 Å². The van der Waals surface area contributed by atoms with E-state index >= 15 is 0 Å². The molecule has 6 heteroatoms. The zero-order chi connectivity index (χ0) is 11.5. The Kier molecular flexibility index (Phi) is 3.63. The quantitative estimate of drug-likeness (QED) is 0.768. The van der Waals surface area contributed by atoms with E-state index in [2.05, 4.69) is 4.52 Å². The van der Waals surface area contributed by atoms with Crippen molar-refractivity contribution in [3.8, 4) is 0 Å². The summed E-state index contributed by atoms with van der Waals surface area (Å²) in [6.45, 7) is 1.84. The van der Waals surface area contributed by atoms with Crippen molar-refractivity contribution in [2.75, 3.05) is 0 Å². The second kappa shape index (κ2) is 4.57. The average Bonchev–Trinajstić information content (AvgIpc) is 2.15. The molecule has 0 aromatic heterocycles. The Balaban J connectivity index is 2.96.